The summed E-state index contributed by atoms with van der Waals surface area (Å²) in [5.74, 6) is 0.955. The fourth-order valence-corrected chi connectivity index (χ4v) is 6.02. The highest BCUT2D eigenvalue weighted by molar-refractivity contribution is 7.89. The Morgan fingerprint density at radius 1 is 0.868 bits per heavy atom. The van der Waals surface area contributed by atoms with E-state index in [0.717, 1.165) is 27.5 Å². The fraction of sp³-hybridized carbons (Fsp3) is 0.107. The summed E-state index contributed by atoms with van der Waals surface area (Å²) in [6, 6.07) is 25.8. The fourth-order valence-electron chi connectivity index (χ4n) is 4.75. The molecule has 6 N–H and O–H groups in total. The number of aromatic nitrogens is 4. The number of rotatable bonds is 8. The van der Waals surface area contributed by atoms with Crippen molar-refractivity contribution in [3.05, 3.63) is 102 Å². The summed E-state index contributed by atoms with van der Waals surface area (Å²) in [7, 11) is -3.76. The Kier molecular flexibility index (Phi) is 5.90. The van der Waals surface area contributed by atoms with Crippen molar-refractivity contribution >= 4 is 48.7 Å². The normalized spacial score (nSPS) is 12.8. The number of sulfonamides is 1. The van der Waals surface area contributed by atoms with Crippen LogP contribution in [-0.4, -0.2) is 40.7 Å². The van der Waals surface area contributed by atoms with Gasteiger partial charge in [0.15, 0.2) is 0 Å². The Morgan fingerprint density at radius 2 is 1.55 bits per heavy atom. The molecule has 0 bridgehead atoms. The maximum absolute atomic E-state index is 13.3. The van der Waals surface area contributed by atoms with Crippen LogP contribution in [0.25, 0.3) is 32.8 Å². The van der Waals surface area contributed by atoms with Crippen molar-refractivity contribution in [3.8, 4) is 0 Å². The first-order valence-electron chi connectivity index (χ1n) is 12.2. The molecule has 0 aliphatic heterocycles. The van der Waals surface area contributed by atoms with E-state index in [2.05, 4.69) is 14.7 Å². The molecule has 2 aromatic heterocycles. The summed E-state index contributed by atoms with van der Waals surface area (Å²) in [5, 5.41) is 9.27. The predicted octanol–water partition coefficient (Wildman–Crippen LogP) is 4.38. The van der Waals surface area contributed by atoms with E-state index in [1.54, 1.807) is 24.3 Å². The molecule has 9 nitrogen and oxygen atoms in total. The van der Waals surface area contributed by atoms with Crippen LogP contribution in [-0.2, 0) is 10.0 Å². The van der Waals surface area contributed by atoms with E-state index in [-0.39, 0.29) is 23.2 Å². The zero-order valence-corrected chi connectivity index (χ0v) is 21.1. The number of nitrogens with one attached hydrogen (secondary N) is 4. The summed E-state index contributed by atoms with van der Waals surface area (Å²) in [4.78, 5) is 16.5. The third-order valence-corrected chi connectivity index (χ3v) is 8.16. The van der Waals surface area contributed by atoms with Gasteiger partial charge in [-0.25, -0.2) is 23.1 Å². The van der Waals surface area contributed by atoms with Crippen LogP contribution < -0.4 is 10.5 Å². The number of hydrogen-bond acceptors (Lipinski definition) is 5. The smallest absolute Gasteiger partial charge is 0.241 e. The monoisotopic (exact) mass is 523 g/mol. The Labute approximate surface area is 218 Å². The molecule has 4 aromatic carbocycles. The highest BCUT2D eigenvalue weighted by atomic mass is 32.2. The average Bonchev–Trinajstić information content (AvgIpc) is 3.54. The number of para-hydroxylation sites is 2. The molecule has 1 unspecified atom stereocenters. The van der Waals surface area contributed by atoms with Crippen LogP contribution in [0.1, 0.15) is 29.6 Å². The minimum Gasteiger partial charge on any atom is -0.384 e. The second kappa shape index (κ2) is 9.40. The second-order valence-corrected chi connectivity index (χ2v) is 10.9. The van der Waals surface area contributed by atoms with Gasteiger partial charge in [0.05, 0.1) is 32.9 Å². The number of nitrogens with zero attached hydrogens (tertiary/aromatic N) is 2. The quantitative estimate of drug-likeness (QED) is 0.148. The molecule has 1 atom stereocenters. The summed E-state index contributed by atoms with van der Waals surface area (Å²) >= 11 is 0. The number of nitrogen functional groups attached to an aromatic ring is 1. The summed E-state index contributed by atoms with van der Waals surface area (Å²) in [6.45, 7) is 0.170. The molecule has 0 saturated heterocycles. The first-order chi connectivity index (χ1) is 18.4. The van der Waals surface area contributed by atoms with E-state index in [1.165, 1.54) is 0 Å². The molecular weight excluding hydrogens is 498 g/mol. The Morgan fingerprint density at radius 3 is 2.34 bits per heavy atom. The van der Waals surface area contributed by atoms with E-state index in [9.17, 15) is 8.42 Å². The molecule has 2 heterocycles. The molecule has 10 heteroatoms. The third-order valence-electron chi connectivity index (χ3n) is 6.64. The first-order valence-corrected chi connectivity index (χ1v) is 13.6. The number of amidine groups is 1. The minimum atomic E-state index is -3.76. The lowest BCUT2D eigenvalue weighted by Gasteiger charge is -2.14. The topological polar surface area (TPSA) is 153 Å². The second-order valence-electron chi connectivity index (χ2n) is 9.12. The standard InChI is InChI=1S/C28H25N7O2S/c29-26(30)18-12-13-23-24(16-18)35-28(34-23)20(27-32-21-9-3-4-10-22(21)33-27)14-15-31-38(36,37)25-11-5-7-17-6-1-2-8-19(17)25/h1-13,16,20,31H,14-15H2,(H3,29,30)(H,32,33)(H,34,35). The van der Waals surface area contributed by atoms with Gasteiger partial charge in [-0.2, -0.15) is 0 Å². The summed E-state index contributed by atoms with van der Waals surface area (Å²) in [6.07, 6.45) is 0.406. The van der Waals surface area contributed by atoms with E-state index < -0.39 is 10.0 Å². The number of benzene rings is 4. The van der Waals surface area contributed by atoms with Crippen LogP contribution in [0.15, 0.2) is 89.8 Å². The molecule has 0 aliphatic rings. The van der Waals surface area contributed by atoms with Gasteiger partial charge in [-0.15, -0.1) is 0 Å². The SMILES string of the molecule is N=C(N)c1ccc2nc(C(CCNS(=O)(=O)c3cccc4ccccc34)c3nc4ccccc4[nH]3)[nH]c2c1. The van der Waals surface area contributed by atoms with E-state index >= 15 is 0 Å². The van der Waals surface area contributed by atoms with Crippen molar-refractivity contribution in [2.24, 2.45) is 5.73 Å². The van der Waals surface area contributed by atoms with Crippen LogP contribution in [0.2, 0.25) is 0 Å². The largest absolute Gasteiger partial charge is 0.384 e. The van der Waals surface area contributed by atoms with Crippen LogP contribution in [0.5, 0.6) is 0 Å². The van der Waals surface area contributed by atoms with Crippen molar-refractivity contribution in [2.75, 3.05) is 6.54 Å². The third kappa shape index (κ3) is 4.40. The predicted molar refractivity (Wildman–Crippen MR) is 149 cm³/mol. The number of hydrogen-bond donors (Lipinski definition) is 5. The molecule has 0 amide bonds. The van der Waals surface area contributed by atoms with Gasteiger partial charge in [-0.1, -0.05) is 48.5 Å². The number of fused-ring (bicyclic) bond motifs is 3. The first kappa shape index (κ1) is 23.8. The van der Waals surface area contributed by atoms with E-state index in [1.807, 2.05) is 60.7 Å². The maximum atomic E-state index is 13.3. The zero-order chi connectivity index (χ0) is 26.3. The van der Waals surface area contributed by atoms with Gasteiger partial charge in [0, 0.05) is 17.5 Å². The van der Waals surface area contributed by atoms with Gasteiger partial charge in [0.25, 0.3) is 0 Å². The van der Waals surface area contributed by atoms with E-state index in [0.29, 0.717) is 29.0 Å². The van der Waals surface area contributed by atoms with Crippen LogP contribution >= 0.6 is 0 Å². The minimum absolute atomic E-state index is 0.0280. The Hall–Kier alpha value is -4.54. The summed E-state index contributed by atoms with van der Waals surface area (Å²) < 4.78 is 29.4. The van der Waals surface area contributed by atoms with Gasteiger partial charge in [0.1, 0.15) is 17.5 Å². The Balaban J connectivity index is 1.33. The van der Waals surface area contributed by atoms with Gasteiger partial charge < -0.3 is 15.7 Å². The highest BCUT2D eigenvalue weighted by Gasteiger charge is 2.24. The molecule has 0 spiro atoms. The average molecular weight is 524 g/mol. The lowest BCUT2D eigenvalue weighted by Crippen LogP contribution is -2.26. The molecule has 6 rings (SSSR count). The van der Waals surface area contributed by atoms with Crippen molar-refractivity contribution in [1.82, 2.24) is 24.7 Å². The van der Waals surface area contributed by atoms with Gasteiger partial charge in [0.2, 0.25) is 10.0 Å². The van der Waals surface area contributed by atoms with Crippen LogP contribution in [0.4, 0.5) is 0 Å². The van der Waals surface area contributed by atoms with Crippen LogP contribution in [0, 0.1) is 5.41 Å². The molecule has 0 saturated carbocycles. The molecule has 0 radical (unpaired) electrons. The van der Waals surface area contributed by atoms with Gasteiger partial charge >= 0.3 is 0 Å². The molecule has 38 heavy (non-hydrogen) atoms. The van der Waals surface area contributed by atoms with Crippen molar-refractivity contribution < 1.29 is 8.42 Å². The maximum Gasteiger partial charge on any atom is 0.241 e. The van der Waals surface area contributed by atoms with Crippen LogP contribution in [0.3, 0.4) is 0 Å². The summed E-state index contributed by atoms with van der Waals surface area (Å²) in [5.41, 5.74) is 9.43. The van der Waals surface area contributed by atoms with Crippen molar-refractivity contribution in [2.45, 2.75) is 17.2 Å². The number of aromatic amines is 2. The number of imidazole rings is 2. The molecule has 190 valence electrons. The number of H-pyrrole nitrogens is 2. The lowest BCUT2D eigenvalue weighted by molar-refractivity contribution is 0.571. The van der Waals surface area contributed by atoms with Gasteiger partial charge in [-0.3, -0.25) is 5.41 Å². The molecule has 6 aromatic rings. The van der Waals surface area contributed by atoms with Gasteiger partial charge in [-0.05, 0) is 48.2 Å². The Bertz CT molecular complexity index is 1890. The molecule has 0 aliphatic carbocycles. The molecular formula is C28H25N7O2S. The highest BCUT2D eigenvalue weighted by Crippen LogP contribution is 2.29. The molecule has 0 fully saturated rings. The zero-order valence-electron chi connectivity index (χ0n) is 20.3. The van der Waals surface area contributed by atoms with Crippen molar-refractivity contribution in [3.63, 3.8) is 0 Å². The number of nitrogens with two attached hydrogens (primary N) is 1. The lowest BCUT2D eigenvalue weighted by atomic mass is 10.0. The van der Waals surface area contributed by atoms with Crippen molar-refractivity contribution in [1.29, 1.82) is 5.41 Å². The van der Waals surface area contributed by atoms with E-state index in [4.69, 9.17) is 21.1 Å².